The number of piperidine rings is 1. The SMILES string of the molecule is c1cn(CCCNC2CCCCC2C2CCCCN2)nn1. The lowest BCUT2D eigenvalue weighted by Gasteiger charge is -2.40. The number of hydrogen-bond donors (Lipinski definition) is 2. The molecule has 0 amide bonds. The van der Waals surface area contributed by atoms with Gasteiger partial charge in [0.2, 0.25) is 0 Å². The third kappa shape index (κ3) is 4.27. The van der Waals surface area contributed by atoms with Crippen LogP contribution in [0.5, 0.6) is 0 Å². The van der Waals surface area contributed by atoms with E-state index in [9.17, 15) is 0 Å². The van der Waals surface area contributed by atoms with Gasteiger partial charge in [0.05, 0.1) is 6.20 Å². The smallest absolute Gasteiger partial charge is 0.0692 e. The molecule has 1 aromatic heterocycles. The van der Waals surface area contributed by atoms with E-state index in [1.165, 1.54) is 51.5 Å². The predicted octanol–water partition coefficient (Wildman–Crippen LogP) is 1.96. The van der Waals surface area contributed by atoms with Crippen LogP contribution in [0.2, 0.25) is 0 Å². The molecule has 5 heteroatoms. The average molecular weight is 291 g/mol. The van der Waals surface area contributed by atoms with Gasteiger partial charge in [0.1, 0.15) is 0 Å². The van der Waals surface area contributed by atoms with Crippen molar-refractivity contribution in [3.8, 4) is 0 Å². The highest BCUT2D eigenvalue weighted by Gasteiger charge is 2.31. The van der Waals surface area contributed by atoms with Gasteiger partial charge in [-0.1, -0.05) is 24.5 Å². The van der Waals surface area contributed by atoms with Gasteiger partial charge in [-0.2, -0.15) is 0 Å². The van der Waals surface area contributed by atoms with Gasteiger partial charge in [-0.25, -0.2) is 0 Å². The summed E-state index contributed by atoms with van der Waals surface area (Å²) in [5, 5.41) is 15.5. The van der Waals surface area contributed by atoms with E-state index in [1.807, 2.05) is 10.9 Å². The van der Waals surface area contributed by atoms with Crippen LogP contribution in [0, 0.1) is 5.92 Å². The number of aromatic nitrogens is 3. The molecular formula is C16H29N5. The van der Waals surface area contributed by atoms with Gasteiger partial charge < -0.3 is 10.6 Å². The molecule has 2 fully saturated rings. The van der Waals surface area contributed by atoms with Crippen molar-refractivity contribution in [2.45, 2.75) is 70.0 Å². The molecule has 5 nitrogen and oxygen atoms in total. The Morgan fingerprint density at radius 3 is 2.86 bits per heavy atom. The zero-order chi connectivity index (χ0) is 14.3. The van der Waals surface area contributed by atoms with E-state index in [0.29, 0.717) is 6.04 Å². The van der Waals surface area contributed by atoms with Gasteiger partial charge in [0, 0.05) is 24.8 Å². The number of rotatable bonds is 6. The summed E-state index contributed by atoms with van der Waals surface area (Å²) in [4.78, 5) is 0. The molecule has 3 rings (SSSR count). The summed E-state index contributed by atoms with van der Waals surface area (Å²) in [5.74, 6) is 0.838. The highest BCUT2D eigenvalue weighted by Crippen LogP contribution is 2.30. The third-order valence-electron chi connectivity index (χ3n) is 5.13. The summed E-state index contributed by atoms with van der Waals surface area (Å²) < 4.78 is 1.92. The van der Waals surface area contributed by atoms with Crippen LogP contribution in [0.15, 0.2) is 12.4 Å². The second-order valence-electron chi connectivity index (χ2n) is 6.59. The van der Waals surface area contributed by atoms with Crippen molar-refractivity contribution >= 4 is 0 Å². The van der Waals surface area contributed by atoms with E-state index < -0.39 is 0 Å². The molecule has 1 aliphatic carbocycles. The fourth-order valence-corrected chi connectivity index (χ4v) is 4.02. The Kier molecular flexibility index (Phi) is 5.63. The minimum atomic E-state index is 0.713. The first-order valence-electron chi connectivity index (χ1n) is 8.74. The van der Waals surface area contributed by atoms with Crippen LogP contribution in [-0.2, 0) is 6.54 Å². The zero-order valence-electron chi connectivity index (χ0n) is 13.0. The van der Waals surface area contributed by atoms with Gasteiger partial charge in [0.25, 0.3) is 0 Å². The molecule has 118 valence electrons. The molecule has 1 saturated carbocycles. The molecule has 0 aromatic carbocycles. The maximum atomic E-state index is 4.02. The van der Waals surface area contributed by atoms with E-state index in [4.69, 9.17) is 0 Å². The molecule has 2 aliphatic rings. The lowest BCUT2D eigenvalue weighted by molar-refractivity contribution is 0.181. The Balaban J connectivity index is 1.43. The maximum absolute atomic E-state index is 4.02. The Hall–Kier alpha value is -0.940. The average Bonchev–Trinajstić information content (AvgIpc) is 3.06. The summed E-state index contributed by atoms with van der Waals surface area (Å²) in [6, 6.07) is 1.47. The largest absolute Gasteiger partial charge is 0.314 e. The van der Waals surface area contributed by atoms with Crippen molar-refractivity contribution in [3.63, 3.8) is 0 Å². The standard InChI is InChI=1S/C16H29N5/c1-2-7-15(14(6-1)16-8-3-4-9-17-16)18-10-5-12-21-13-11-19-20-21/h11,13-18H,1-10,12H2. The molecule has 1 aromatic rings. The second kappa shape index (κ2) is 7.90. The lowest BCUT2D eigenvalue weighted by Crippen LogP contribution is -2.50. The van der Waals surface area contributed by atoms with E-state index in [-0.39, 0.29) is 0 Å². The summed E-state index contributed by atoms with van der Waals surface area (Å²) in [6.45, 7) is 3.28. The van der Waals surface area contributed by atoms with E-state index >= 15 is 0 Å². The van der Waals surface area contributed by atoms with Gasteiger partial charge in [-0.3, -0.25) is 4.68 Å². The topological polar surface area (TPSA) is 54.8 Å². The molecule has 0 spiro atoms. The maximum Gasteiger partial charge on any atom is 0.0692 e. The summed E-state index contributed by atoms with van der Waals surface area (Å²) in [6.07, 6.45) is 14.5. The van der Waals surface area contributed by atoms with Crippen LogP contribution < -0.4 is 10.6 Å². The molecule has 1 aliphatic heterocycles. The third-order valence-corrected chi connectivity index (χ3v) is 5.13. The quantitative estimate of drug-likeness (QED) is 0.787. The normalized spacial score (nSPS) is 30.4. The number of hydrogen-bond acceptors (Lipinski definition) is 4. The van der Waals surface area contributed by atoms with Crippen molar-refractivity contribution in [2.24, 2.45) is 5.92 Å². The first-order chi connectivity index (χ1) is 10.4. The van der Waals surface area contributed by atoms with Crippen molar-refractivity contribution < 1.29 is 0 Å². The summed E-state index contributed by atoms with van der Waals surface area (Å²) in [5.41, 5.74) is 0. The van der Waals surface area contributed by atoms with Crippen molar-refractivity contribution in [1.29, 1.82) is 0 Å². The molecule has 3 atom stereocenters. The number of nitrogens with zero attached hydrogens (tertiary/aromatic N) is 3. The van der Waals surface area contributed by atoms with Crippen LogP contribution in [0.1, 0.15) is 51.4 Å². The first-order valence-corrected chi connectivity index (χ1v) is 8.74. The van der Waals surface area contributed by atoms with Gasteiger partial charge in [-0.05, 0) is 51.1 Å². The minimum absolute atomic E-state index is 0.713. The molecule has 1 saturated heterocycles. The fraction of sp³-hybridized carbons (Fsp3) is 0.875. The molecule has 2 heterocycles. The molecule has 0 radical (unpaired) electrons. The monoisotopic (exact) mass is 291 g/mol. The van der Waals surface area contributed by atoms with Gasteiger partial charge in [-0.15, -0.1) is 5.10 Å². The van der Waals surface area contributed by atoms with Crippen molar-refractivity contribution in [2.75, 3.05) is 13.1 Å². The van der Waals surface area contributed by atoms with Crippen LogP contribution in [0.3, 0.4) is 0 Å². The van der Waals surface area contributed by atoms with Gasteiger partial charge >= 0.3 is 0 Å². The highest BCUT2D eigenvalue weighted by molar-refractivity contribution is 4.90. The molecule has 0 bridgehead atoms. The van der Waals surface area contributed by atoms with E-state index in [1.54, 1.807) is 6.20 Å². The van der Waals surface area contributed by atoms with Crippen LogP contribution in [0.4, 0.5) is 0 Å². The molecule has 2 N–H and O–H groups in total. The fourth-order valence-electron chi connectivity index (χ4n) is 4.02. The second-order valence-corrected chi connectivity index (χ2v) is 6.59. The highest BCUT2D eigenvalue weighted by atomic mass is 15.4. The van der Waals surface area contributed by atoms with Crippen LogP contribution in [0.25, 0.3) is 0 Å². The Labute approximate surface area is 127 Å². The number of aryl methyl sites for hydroxylation is 1. The Bertz CT molecular complexity index is 385. The van der Waals surface area contributed by atoms with Crippen LogP contribution in [-0.4, -0.2) is 40.2 Å². The van der Waals surface area contributed by atoms with Gasteiger partial charge in [0.15, 0.2) is 0 Å². The Morgan fingerprint density at radius 1 is 1.14 bits per heavy atom. The Morgan fingerprint density at radius 2 is 2.05 bits per heavy atom. The first kappa shape index (κ1) is 15.0. The molecule has 3 unspecified atom stereocenters. The summed E-state index contributed by atoms with van der Waals surface area (Å²) >= 11 is 0. The lowest BCUT2D eigenvalue weighted by atomic mass is 9.77. The minimum Gasteiger partial charge on any atom is -0.314 e. The van der Waals surface area contributed by atoms with Crippen molar-refractivity contribution in [3.05, 3.63) is 12.4 Å². The van der Waals surface area contributed by atoms with Crippen LogP contribution >= 0.6 is 0 Å². The van der Waals surface area contributed by atoms with Crippen molar-refractivity contribution in [1.82, 2.24) is 25.6 Å². The predicted molar refractivity (Wildman–Crippen MR) is 84.0 cm³/mol. The summed E-state index contributed by atoms with van der Waals surface area (Å²) in [7, 11) is 0. The molecular weight excluding hydrogens is 262 g/mol. The zero-order valence-corrected chi connectivity index (χ0v) is 13.0. The van der Waals surface area contributed by atoms with E-state index in [2.05, 4.69) is 20.9 Å². The number of nitrogens with one attached hydrogen (secondary N) is 2. The molecule has 21 heavy (non-hydrogen) atoms. The van der Waals surface area contributed by atoms with E-state index in [0.717, 1.165) is 31.5 Å².